The molecule has 2 aromatic rings. The van der Waals surface area contributed by atoms with Crippen molar-refractivity contribution in [2.24, 2.45) is 0 Å². The van der Waals surface area contributed by atoms with Gasteiger partial charge in [0.2, 0.25) is 5.91 Å². The minimum Gasteiger partial charge on any atom is -0.493 e. The molecule has 1 fully saturated rings. The van der Waals surface area contributed by atoms with E-state index in [1.807, 2.05) is 13.8 Å². The lowest BCUT2D eigenvalue weighted by Gasteiger charge is -2.13. The maximum absolute atomic E-state index is 12.9. The summed E-state index contributed by atoms with van der Waals surface area (Å²) < 4.78 is 16.1. The first-order chi connectivity index (χ1) is 17.8. The van der Waals surface area contributed by atoms with Crippen molar-refractivity contribution in [3.63, 3.8) is 0 Å². The first-order valence-electron chi connectivity index (χ1n) is 11.6. The lowest BCUT2D eigenvalue weighted by Crippen LogP contribution is -2.36. The number of anilines is 1. The number of nitrogens with zero attached hydrogens (tertiary/aromatic N) is 1. The topological polar surface area (TPSA) is 111 Å². The number of halogens is 1. The summed E-state index contributed by atoms with van der Waals surface area (Å²) in [4.78, 5) is 51.2. The van der Waals surface area contributed by atoms with Crippen LogP contribution in [0.25, 0.3) is 6.08 Å². The lowest BCUT2D eigenvalue weighted by atomic mass is 10.2. The number of carbonyl (C=O) groups is 4. The van der Waals surface area contributed by atoms with Crippen LogP contribution in [0.4, 0.5) is 10.5 Å². The van der Waals surface area contributed by atoms with E-state index in [-0.39, 0.29) is 27.8 Å². The molecule has 1 aliphatic heterocycles. The Bertz CT molecular complexity index is 1230. The van der Waals surface area contributed by atoms with Gasteiger partial charge in [0, 0.05) is 5.69 Å². The van der Waals surface area contributed by atoms with Gasteiger partial charge in [-0.15, -0.1) is 0 Å². The second-order valence-electron chi connectivity index (χ2n) is 7.91. The van der Waals surface area contributed by atoms with Gasteiger partial charge in [0.1, 0.15) is 6.54 Å². The number of benzene rings is 2. The van der Waals surface area contributed by atoms with Crippen LogP contribution in [-0.2, 0) is 14.3 Å². The number of rotatable bonds is 11. The molecule has 1 N–H and O–H groups in total. The van der Waals surface area contributed by atoms with Gasteiger partial charge in [0.05, 0.1) is 35.8 Å². The Morgan fingerprint density at radius 3 is 2.51 bits per heavy atom. The monoisotopic (exact) mass is 546 g/mol. The Morgan fingerprint density at radius 2 is 1.81 bits per heavy atom. The fourth-order valence-electron chi connectivity index (χ4n) is 3.27. The SMILES string of the molecule is CCCOC(=O)c1cc(NC(=O)CN2C(=O)S/C(=C\c3ccc(OCCC)c(OC)c3)C2=O)ccc1Cl. The van der Waals surface area contributed by atoms with Gasteiger partial charge in [-0.05, 0) is 66.6 Å². The zero-order valence-electron chi connectivity index (χ0n) is 20.7. The van der Waals surface area contributed by atoms with Crippen molar-refractivity contribution in [3.05, 3.63) is 57.5 Å². The number of nitrogens with one attached hydrogen (secondary N) is 1. The molecular formula is C26H27ClN2O7S. The van der Waals surface area contributed by atoms with E-state index < -0.39 is 29.6 Å². The number of ether oxygens (including phenoxy) is 3. The summed E-state index contributed by atoms with van der Waals surface area (Å²) in [5.74, 6) is -0.731. The minimum absolute atomic E-state index is 0.101. The second-order valence-corrected chi connectivity index (χ2v) is 9.31. The molecule has 3 rings (SSSR count). The van der Waals surface area contributed by atoms with Crippen LogP contribution >= 0.6 is 23.4 Å². The molecule has 0 bridgehead atoms. The number of carbonyl (C=O) groups excluding carboxylic acids is 4. The zero-order chi connectivity index (χ0) is 26.9. The summed E-state index contributed by atoms with van der Waals surface area (Å²) in [6, 6.07) is 9.53. The second kappa shape index (κ2) is 13.2. The van der Waals surface area contributed by atoms with Crippen LogP contribution in [0.1, 0.15) is 42.6 Å². The predicted octanol–water partition coefficient (Wildman–Crippen LogP) is 5.38. The van der Waals surface area contributed by atoms with Gasteiger partial charge in [-0.1, -0.05) is 31.5 Å². The highest BCUT2D eigenvalue weighted by Crippen LogP contribution is 2.34. The van der Waals surface area contributed by atoms with Gasteiger partial charge in [-0.3, -0.25) is 19.3 Å². The van der Waals surface area contributed by atoms with Crippen LogP contribution in [0.2, 0.25) is 5.02 Å². The fraction of sp³-hybridized carbons (Fsp3) is 0.308. The molecule has 0 aromatic heterocycles. The summed E-state index contributed by atoms with van der Waals surface area (Å²) >= 11 is 6.82. The van der Waals surface area contributed by atoms with Crippen LogP contribution in [-0.4, -0.2) is 54.8 Å². The van der Waals surface area contributed by atoms with Gasteiger partial charge >= 0.3 is 5.97 Å². The first kappa shape index (κ1) is 28.1. The Labute approximate surface area is 224 Å². The number of hydrogen-bond acceptors (Lipinski definition) is 8. The summed E-state index contributed by atoms with van der Waals surface area (Å²) in [7, 11) is 1.52. The standard InChI is InChI=1S/C26H27ClN2O7S/c1-4-10-35-20-9-6-16(12-21(20)34-3)13-22-24(31)29(26(33)37-22)15-23(30)28-17-7-8-19(27)18(14-17)25(32)36-11-5-2/h6-9,12-14H,4-5,10-11,15H2,1-3H3,(H,28,30)/b22-13-. The number of hydrogen-bond donors (Lipinski definition) is 1. The number of esters is 1. The molecule has 11 heteroatoms. The third-order valence-corrected chi connectivity index (χ3v) is 6.27. The normalized spacial score (nSPS) is 14.2. The van der Waals surface area contributed by atoms with E-state index in [0.717, 1.165) is 23.1 Å². The molecule has 9 nitrogen and oxygen atoms in total. The maximum Gasteiger partial charge on any atom is 0.339 e. The van der Waals surface area contributed by atoms with Crippen LogP contribution < -0.4 is 14.8 Å². The average molecular weight is 547 g/mol. The van der Waals surface area contributed by atoms with Gasteiger partial charge < -0.3 is 19.5 Å². The third-order valence-electron chi connectivity index (χ3n) is 5.03. The van der Waals surface area contributed by atoms with Crippen molar-refractivity contribution < 1.29 is 33.4 Å². The molecule has 2 aromatic carbocycles. The minimum atomic E-state index is -0.613. The van der Waals surface area contributed by atoms with Crippen molar-refractivity contribution in [2.45, 2.75) is 26.7 Å². The van der Waals surface area contributed by atoms with E-state index in [2.05, 4.69) is 5.32 Å². The van der Waals surface area contributed by atoms with E-state index >= 15 is 0 Å². The van der Waals surface area contributed by atoms with E-state index in [9.17, 15) is 19.2 Å². The number of thioether (sulfide) groups is 1. The van der Waals surface area contributed by atoms with Gasteiger partial charge in [0.25, 0.3) is 11.1 Å². The van der Waals surface area contributed by atoms with Crippen LogP contribution in [0.15, 0.2) is 41.3 Å². The summed E-state index contributed by atoms with van der Waals surface area (Å²) in [5.41, 5.74) is 1.01. The van der Waals surface area contributed by atoms with E-state index in [4.69, 9.17) is 25.8 Å². The van der Waals surface area contributed by atoms with Crippen LogP contribution in [0.3, 0.4) is 0 Å². The van der Waals surface area contributed by atoms with E-state index in [1.165, 1.54) is 25.3 Å². The molecule has 0 saturated carbocycles. The molecular weight excluding hydrogens is 520 g/mol. The molecule has 0 atom stereocenters. The highest BCUT2D eigenvalue weighted by molar-refractivity contribution is 8.18. The Morgan fingerprint density at radius 1 is 1.05 bits per heavy atom. The van der Waals surface area contributed by atoms with Crippen LogP contribution in [0, 0.1) is 0 Å². The summed E-state index contributed by atoms with van der Waals surface area (Å²) in [6.07, 6.45) is 3.05. The van der Waals surface area contributed by atoms with Crippen molar-refractivity contribution in [2.75, 3.05) is 32.2 Å². The van der Waals surface area contributed by atoms with Crippen LogP contribution in [0.5, 0.6) is 11.5 Å². The Balaban J connectivity index is 1.68. The van der Waals surface area contributed by atoms with Gasteiger partial charge in [-0.2, -0.15) is 0 Å². The molecule has 3 amide bonds. The van der Waals surface area contributed by atoms with Crippen molar-refractivity contribution in [3.8, 4) is 11.5 Å². The smallest absolute Gasteiger partial charge is 0.339 e. The molecule has 0 spiro atoms. The molecule has 1 aliphatic rings. The summed E-state index contributed by atoms with van der Waals surface area (Å²) in [6.45, 7) is 4.14. The number of amides is 3. The molecule has 0 unspecified atom stereocenters. The Kier molecular flexibility index (Phi) is 9.99. The maximum atomic E-state index is 12.9. The molecule has 1 saturated heterocycles. The highest BCUT2D eigenvalue weighted by Gasteiger charge is 2.36. The van der Waals surface area contributed by atoms with Gasteiger partial charge in [0.15, 0.2) is 11.5 Å². The fourth-order valence-corrected chi connectivity index (χ4v) is 4.30. The predicted molar refractivity (Wildman–Crippen MR) is 142 cm³/mol. The summed E-state index contributed by atoms with van der Waals surface area (Å²) in [5, 5.41) is 2.19. The van der Waals surface area contributed by atoms with Crippen molar-refractivity contribution in [1.29, 1.82) is 0 Å². The zero-order valence-corrected chi connectivity index (χ0v) is 22.2. The van der Waals surface area contributed by atoms with E-state index in [1.54, 1.807) is 24.3 Å². The largest absolute Gasteiger partial charge is 0.493 e. The number of imide groups is 1. The third kappa shape index (κ3) is 7.27. The quantitative estimate of drug-likeness (QED) is 0.295. The number of methoxy groups -OCH3 is 1. The molecule has 1 heterocycles. The van der Waals surface area contributed by atoms with Crippen molar-refractivity contribution >= 4 is 58.1 Å². The first-order valence-corrected chi connectivity index (χ1v) is 12.8. The molecule has 0 radical (unpaired) electrons. The Hall–Kier alpha value is -3.50. The average Bonchev–Trinajstić information content (AvgIpc) is 3.14. The molecule has 0 aliphatic carbocycles. The molecule has 37 heavy (non-hydrogen) atoms. The molecule has 196 valence electrons. The van der Waals surface area contributed by atoms with Gasteiger partial charge in [-0.25, -0.2) is 4.79 Å². The van der Waals surface area contributed by atoms with Crippen molar-refractivity contribution in [1.82, 2.24) is 4.90 Å². The van der Waals surface area contributed by atoms with E-state index in [0.29, 0.717) is 30.1 Å². The highest BCUT2D eigenvalue weighted by atomic mass is 35.5. The lowest BCUT2D eigenvalue weighted by molar-refractivity contribution is -0.127.